The van der Waals surface area contributed by atoms with Gasteiger partial charge in [0.05, 0.1) is 11.5 Å². The molecule has 1 aromatic heterocycles. The topological polar surface area (TPSA) is 84.5 Å². The van der Waals surface area contributed by atoms with Gasteiger partial charge >= 0.3 is 5.69 Å². The van der Waals surface area contributed by atoms with Crippen molar-refractivity contribution in [3.63, 3.8) is 0 Å². The SMILES string of the molecule is Cc1nn(CCC(=O)N2CCN(Cc3c(F)cccc3Cl)CC2)c(C)c1[N+](=O)[O-]. The molecule has 0 unspecified atom stereocenters. The Morgan fingerprint density at radius 1 is 1.28 bits per heavy atom. The van der Waals surface area contributed by atoms with Gasteiger partial charge in [-0.1, -0.05) is 17.7 Å². The Labute approximate surface area is 173 Å². The maximum absolute atomic E-state index is 14.0. The van der Waals surface area contributed by atoms with Gasteiger partial charge in [-0.3, -0.25) is 24.5 Å². The second kappa shape index (κ2) is 8.87. The fourth-order valence-corrected chi connectivity index (χ4v) is 3.81. The summed E-state index contributed by atoms with van der Waals surface area (Å²) >= 11 is 6.09. The number of hydrogen-bond donors (Lipinski definition) is 0. The molecule has 1 aromatic carbocycles. The molecular weight excluding hydrogens is 401 g/mol. The Kier molecular flexibility index (Phi) is 6.49. The van der Waals surface area contributed by atoms with Crippen LogP contribution in [0.2, 0.25) is 5.02 Å². The summed E-state index contributed by atoms with van der Waals surface area (Å²) < 4.78 is 15.5. The molecule has 1 amide bonds. The first-order valence-electron chi connectivity index (χ1n) is 9.39. The molecule has 0 atom stereocenters. The summed E-state index contributed by atoms with van der Waals surface area (Å²) in [6.45, 7) is 6.26. The Hall–Kier alpha value is -2.52. The smallest absolute Gasteiger partial charge is 0.312 e. The van der Waals surface area contributed by atoms with Crippen molar-refractivity contribution >= 4 is 23.2 Å². The highest BCUT2D eigenvalue weighted by Gasteiger charge is 2.25. The van der Waals surface area contributed by atoms with Crippen LogP contribution in [0.3, 0.4) is 0 Å². The van der Waals surface area contributed by atoms with E-state index < -0.39 is 4.92 Å². The monoisotopic (exact) mass is 423 g/mol. The average molecular weight is 424 g/mol. The first-order chi connectivity index (χ1) is 13.8. The second-order valence-corrected chi connectivity index (χ2v) is 7.51. The third-order valence-electron chi connectivity index (χ3n) is 5.23. The van der Waals surface area contributed by atoms with Crippen molar-refractivity contribution in [3.8, 4) is 0 Å². The molecule has 2 aromatic rings. The van der Waals surface area contributed by atoms with Gasteiger partial charge in [-0.25, -0.2) is 4.39 Å². The first-order valence-corrected chi connectivity index (χ1v) is 9.77. The Balaban J connectivity index is 1.52. The van der Waals surface area contributed by atoms with Gasteiger partial charge in [0, 0.05) is 49.7 Å². The Morgan fingerprint density at radius 2 is 1.97 bits per heavy atom. The van der Waals surface area contributed by atoms with E-state index in [1.165, 1.54) is 10.7 Å². The molecule has 3 rings (SSSR count). The predicted molar refractivity (Wildman–Crippen MR) is 106 cm³/mol. The molecule has 1 aliphatic heterocycles. The number of nitro groups is 1. The predicted octanol–water partition coefficient (Wildman–Crippen LogP) is 2.94. The van der Waals surface area contributed by atoms with Gasteiger partial charge in [0.25, 0.3) is 0 Å². The van der Waals surface area contributed by atoms with Crippen LogP contribution in [0.4, 0.5) is 10.1 Å². The van der Waals surface area contributed by atoms with Gasteiger partial charge < -0.3 is 4.90 Å². The zero-order valence-electron chi connectivity index (χ0n) is 16.4. The van der Waals surface area contributed by atoms with Gasteiger partial charge in [0.15, 0.2) is 0 Å². The number of hydrogen-bond acceptors (Lipinski definition) is 5. The van der Waals surface area contributed by atoms with Crippen molar-refractivity contribution in [2.45, 2.75) is 33.4 Å². The quantitative estimate of drug-likeness (QED) is 0.526. The van der Waals surface area contributed by atoms with Crippen LogP contribution in [0.5, 0.6) is 0 Å². The van der Waals surface area contributed by atoms with Crippen LogP contribution in [0.25, 0.3) is 0 Å². The Morgan fingerprint density at radius 3 is 2.55 bits per heavy atom. The molecule has 0 spiro atoms. The summed E-state index contributed by atoms with van der Waals surface area (Å²) in [5.41, 5.74) is 1.27. The zero-order chi connectivity index (χ0) is 21.1. The second-order valence-electron chi connectivity index (χ2n) is 7.11. The van der Waals surface area contributed by atoms with Crippen LogP contribution in [-0.2, 0) is 17.9 Å². The first kappa shape index (κ1) is 21.2. The minimum Gasteiger partial charge on any atom is -0.340 e. The number of carbonyl (C=O) groups excluding carboxylic acids is 1. The van der Waals surface area contributed by atoms with Gasteiger partial charge in [0.1, 0.15) is 17.2 Å². The number of aryl methyl sites for hydroxylation is 2. The van der Waals surface area contributed by atoms with E-state index in [2.05, 4.69) is 10.00 Å². The van der Waals surface area contributed by atoms with E-state index in [1.54, 1.807) is 30.9 Å². The molecule has 156 valence electrons. The minimum absolute atomic E-state index is 0.00197. The van der Waals surface area contributed by atoms with Crippen LogP contribution in [-0.4, -0.2) is 56.6 Å². The molecule has 0 aliphatic carbocycles. The fraction of sp³-hybridized carbons (Fsp3) is 0.474. The van der Waals surface area contributed by atoms with Crippen molar-refractivity contribution in [1.82, 2.24) is 19.6 Å². The maximum atomic E-state index is 14.0. The molecular formula is C19H23ClFN5O3. The normalized spacial score (nSPS) is 15.0. The van der Waals surface area contributed by atoms with Crippen LogP contribution in [0.15, 0.2) is 18.2 Å². The number of carbonyl (C=O) groups is 1. The van der Waals surface area contributed by atoms with Crippen molar-refractivity contribution < 1.29 is 14.1 Å². The average Bonchev–Trinajstić information content (AvgIpc) is 2.97. The van der Waals surface area contributed by atoms with E-state index in [0.717, 1.165) is 0 Å². The molecule has 0 N–H and O–H groups in total. The molecule has 0 radical (unpaired) electrons. The Bertz CT molecular complexity index is 905. The van der Waals surface area contributed by atoms with Crippen molar-refractivity contribution in [1.29, 1.82) is 0 Å². The fourth-order valence-electron chi connectivity index (χ4n) is 3.59. The van der Waals surface area contributed by atoms with E-state index in [-0.39, 0.29) is 23.8 Å². The number of aromatic nitrogens is 2. The third kappa shape index (κ3) is 4.73. The number of benzene rings is 1. The lowest BCUT2D eigenvalue weighted by atomic mass is 10.1. The van der Waals surface area contributed by atoms with Crippen LogP contribution < -0.4 is 0 Å². The van der Waals surface area contributed by atoms with E-state index in [9.17, 15) is 19.3 Å². The number of rotatable bonds is 6. The van der Waals surface area contributed by atoms with E-state index in [4.69, 9.17) is 11.6 Å². The molecule has 1 saturated heterocycles. The standard InChI is InChI=1S/C19H23ClFN5O3/c1-13-19(26(28)29)14(2)25(22-13)7-6-18(27)24-10-8-23(9-11-24)12-15-16(20)4-3-5-17(15)21/h3-5H,6-12H2,1-2H3. The van der Waals surface area contributed by atoms with Gasteiger partial charge in [-0.2, -0.15) is 5.10 Å². The van der Waals surface area contributed by atoms with E-state index >= 15 is 0 Å². The summed E-state index contributed by atoms with van der Waals surface area (Å²) in [5.74, 6) is -0.348. The highest BCUT2D eigenvalue weighted by Crippen LogP contribution is 2.23. The summed E-state index contributed by atoms with van der Waals surface area (Å²) in [4.78, 5) is 27.0. The highest BCUT2D eigenvalue weighted by atomic mass is 35.5. The summed E-state index contributed by atoms with van der Waals surface area (Å²) in [6, 6.07) is 4.64. The molecule has 8 nitrogen and oxygen atoms in total. The minimum atomic E-state index is -0.447. The van der Waals surface area contributed by atoms with Crippen LogP contribution >= 0.6 is 11.6 Å². The number of nitrogens with zero attached hydrogens (tertiary/aromatic N) is 5. The van der Waals surface area contributed by atoms with Gasteiger partial charge in [0.2, 0.25) is 5.91 Å². The van der Waals surface area contributed by atoms with Crippen LogP contribution in [0, 0.1) is 29.8 Å². The van der Waals surface area contributed by atoms with Gasteiger partial charge in [-0.05, 0) is 26.0 Å². The molecule has 2 heterocycles. The number of amides is 1. The van der Waals surface area contributed by atoms with Crippen molar-refractivity contribution in [3.05, 3.63) is 56.1 Å². The van der Waals surface area contributed by atoms with Crippen LogP contribution in [0.1, 0.15) is 23.4 Å². The molecule has 1 aliphatic rings. The lowest BCUT2D eigenvalue weighted by Gasteiger charge is -2.35. The van der Waals surface area contributed by atoms with E-state index in [0.29, 0.717) is 61.2 Å². The summed E-state index contributed by atoms with van der Waals surface area (Å²) in [7, 11) is 0. The zero-order valence-corrected chi connectivity index (χ0v) is 17.2. The molecule has 29 heavy (non-hydrogen) atoms. The molecule has 0 saturated carbocycles. The highest BCUT2D eigenvalue weighted by molar-refractivity contribution is 6.31. The maximum Gasteiger partial charge on any atom is 0.312 e. The third-order valence-corrected chi connectivity index (χ3v) is 5.59. The van der Waals surface area contributed by atoms with E-state index in [1.807, 2.05) is 0 Å². The molecule has 0 bridgehead atoms. The molecule has 1 fully saturated rings. The lowest BCUT2D eigenvalue weighted by molar-refractivity contribution is -0.386. The van der Waals surface area contributed by atoms with Crippen molar-refractivity contribution in [2.24, 2.45) is 0 Å². The largest absolute Gasteiger partial charge is 0.340 e. The van der Waals surface area contributed by atoms with Gasteiger partial charge in [-0.15, -0.1) is 0 Å². The number of piperazine rings is 1. The van der Waals surface area contributed by atoms with Crippen molar-refractivity contribution in [2.75, 3.05) is 26.2 Å². The lowest BCUT2D eigenvalue weighted by Crippen LogP contribution is -2.48. The summed E-state index contributed by atoms with van der Waals surface area (Å²) in [6.07, 6.45) is 0.220. The molecule has 10 heteroatoms. The summed E-state index contributed by atoms with van der Waals surface area (Å²) in [5, 5.41) is 15.7. The number of halogens is 2.